The second kappa shape index (κ2) is 5.58. The number of aromatic hydroxyl groups is 1. The summed E-state index contributed by atoms with van der Waals surface area (Å²) < 4.78 is 0. The number of nitrogens with zero attached hydrogens (tertiary/aromatic N) is 2. The predicted octanol–water partition coefficient (Wildman–Crippen LogP) is 0.239. The molecule has 0 aliphatic rings. The van der Waals surface area contributed by atoms with E-state index in [0.717, 1.165) is 0 Å². The van der Waals surface area contributed by atoms with E-state index in [-0.39, 0.29) is 17.0 Å². The first-order valence-corrected chi connectivity index (χ1v) is 5.33. The first kappa shape index (κ1) is 12.5. The first-order valence-electron chi connectivity index (χ1n) is 5.33. The molecule has 1 heterocycles. The van der Waals surface area contributed by atoms with Gasteiger partial charge in [0, 0.05) is 6.07 Å². The molecule has 7 nitrogen and oxygen atoms in total. The highest BCUT2D eigenvalue weighted by molar-refractivity contribution is 5.92. The average molecular weight is 258 g/mol. The van der Waals surface area contributed by atoms with Gasteiger partial charge in [-0.3, -0.25) is 9.59 Å². The van der Waals surface area contributed by atoms with Crippen LogP contribution in [0.5, 0.6) is 5.75 Å². The molecule has 7 heteroatoms. The molecule has 1 amide bonds. The average Bonchev–Trinajstić information content (AvgIpc) is 2.39. The van der Waals surface area contributed by atoms with Gasteiger partial charge >= 0.3 is 0 Å². The highest BCUT2D eigenvalue weighted by Gasteiger charge is 2.05. The van der Waals surface area contributed by atoms with E-state index in [4.69, 9.17) is 0 Å². The highest BCUT2D eigenvalue weighted by atomic mass is 16.3. The van der Waals surface area contributed by atoms with Crippen LogP contribution in [0.2, 0.25) is 0 Å². The van der Waals surface area contributed by atoms with Crippen molar-refractivity contribution in [2.24, 2.45) is 5.10 Å². The van der Waals surface area contributed by atoms with E-state index in [2.05, 4.69) is 20.7 Å². The van der Waals surface area contributed by atoms with Crippen LogP contribution in [0.15, 0.2) is 46.3 Å². The lowest BCUT2D eigenvalue weighted by molar-refractivity contribution is 0.0949. The molecule has 0 unspecified atom stereocenters. The van der Waals surface area contributed by atoms with E-state index in [1.165, 1.54) is 30.5 Å². The Bertz CT molecular complexity index is 658. The number of carbonyl (C=O) groups is 1. The van der Waals surface area contributed by atoms with Crippen LogP contribution >= 0.6 is 0 Å². The molecule has 2 aromatic rings. The Balaban J connectivity index is 2.00. The molecule has 0 atom stereocenters. The number of rotatable bonds is 3. The summed E-state index contributed by atoms with van der Waals surface area (Å²) in [6, 6.07) is 8.88. The molecular weight excluding hydrogens is 248 g/mol. The van der Waals surface area contributed by atoms with Gasteiger partial charge in [0.1, 0.15) is 5.75 Å². The number of carbonyl (C=O) groups excluding carboxylic acids is 1. The molecule has 0 bridgehead atoms. The summed E-state index contributed by atoms with van der Waals surface area (Å²) in [4.78, 5) is 22.3. The summed E-state index contributed by atoms with van der Waals surface area (Å²) in [6.07, 6.45) is 1.38. The molecule has 0 saturated heterocycles. The number of nitrogens with one attached hydrogen (secondary N) is 2. The lowest BCUT2D eigenvalue weighted by Gasteiger charge is -1.98. The van der Waals surface area contributed by atoms with Crippen LogP contribution < -0.4 is 11.0 Å². The molecule has 96 valence electrons. The third-order valence-electron chi connectivity index (χ3n) is 2.16. The maximum Gasteiger partial charge on any atom is 0.291 e. The topological polar surface area (TPSA) is 107 Å². The molecule has 0 fully saturated rings. The molecule has 3 N–H and O–H groups in total. The van der Waals surface area contributed by atoms with Gasteiger partial charge in [-0.2, -0.15) is 10.2 Å². The minimum atomic E-state index is -0.548. The van der Waals surface area contributed by atoms with Crippen LogP contribution in [-0.2, 0) is 0 Å². The zero-order valence-electron chi connectivity index (χ0n) is 9.70. The van der Waals surface area contributed by atoms with Gasteiger partial charge in [-0.05, 0) is 23.8 Å². The number of aromatic amines is 1. The molecule has 0 aliphatic heterocycles. The van der Waals surface area contributed by atoms with Crippen molar-refractivity contribution < 1.29 is 9.90 Å². The van der Waals surface area contributed by atoms with E-state index < -0.39 is 5.91 Å². The van der Waals surface area contributed by atoms with Gasteiger partial charge in [0.25, 0.3) is 11.5 Å². The monoisotopic (exact) mass is 258 g/mol. The Morgan fingerprint density at radius 2 is 2.21 bits per heavy atom. The van der Waals surface area contributed by atoms with E-state index in [0.29, 0.717) is 5.56 Å². The SMILES string of the molecule is O=C(NN=Cc1cccc(O)c1)c1ccc(=O)[nH]n1. The van der Waals surface area contributed by atoms with Gasteiger partial charge in [0.05, 0.1) is 6.21 Å². The van der Waals surface area contributed by atoms with Crippen molar-refractivity contribution in [2.45, 2.75) is 0 Å². The predicted molar refractivity (Wildman–Crippen MR) is 68.0 cm³/mol. The minimum absolute atomic E-state index is 0.0488. The van der Waals surface area contributed by atoms with Crippen LogP contribution in [0.4, 0.5) is 0 Å². The Morgan fingerprint density at radius 3 is 2.89 bits per heavy atom. The summed E-state index contributed by atoms with van der Waals surface area (Å²) in [7, 11) is 0. The van der Waals surface area contributed by atoms with Crippen molar-refractivity contribution in [3.05, 3.63) is 58.0 Å². The number of phenols is 1. The Labute approximate surface area is 107 Å². The lowest BCUT2D eigenvalue weighted by atomic mass is 10.2. The van der Waals surface area contributed by atoms with Crippen LogP contribution in [0, 0.1) is 0 Å². The summed E-state index contributed by atoms with van der Waals surface area (Å²) in [6.45, 7) is 0. The van der Waals surface area contributed by atoms with Crippen LogP contribution in [0.1, 0.15) is 16.1 Å². The van der Waals surface area contributed by atoms with Gasteiger partial charge in [0.2, 0.25) is 0 Å². The van der Waals surface area contributed by atoms with Crippen molar-refractivity contribution in [1.82, 2.24) is 15.6 Å². The summed E-state index contributed by atoms with van der Waals surface area (Å²) in [5.41, 5.74) is 2.54. The summed E-state index contributed by atoms with van der Waals surface area (Å²) in [5.74, 6) is -0.440. The number of hydrazone groups is 1. The van der Waals surface area contributed by atoms with Crippen molar-refractivity contribution >= 4 is 12.1 Å². The van der Waals surface area contributed by atoms with Crippen LogP contribution in [0.3, 0.4) is 0 Å². The van der Waals surface area contributed by atoms with Crippen molar-refractivity contribution in [1.29, 1.82) is 0 Å². The largest absolute Gasteiger partial charge is 0.508 e. The second-order valence-corrected chi connectivity index (χ2v) is 3.60. The fourth-order valence-corrected chi connectivity index (χ4v) is 1.30. The van der Waals surface area contributed by atoms with E-state index >= 15 is 0 Å². The van der Waals surface area contributed by atoms with Crippen molar-refractivity contribution in [3.63, 3.8) is 0 Å². The molecule has 2 rings (SSSR count). The van der Waals surface area contributed by atoms with Crippen molar-refractivity contribution in [2.75, 3.05) is 0 Å². The summed E-state index contributed by atoms with van der Waals surface area (Å²) >= 11 is 0. The number of H-pyrrole nitrogens is 1. The summed E-state index contributed by atoms with van der Waals surface area (Å²) in [5, 5.41) is 18.6. The zero-order chi connectivity index (χ0) is 13.7. The molecular formula is C12H10N4O3. The van der Waals surface area contributed by atoms with Gasteiger partial charge in [0.15, 0.2) is 5.69 Å². The highest BCUT2D eigenvalue weighted by Crippen LogP contribution is 2.08. The first-order chi connectivity index (χ1) is 9.15. The number of phenolic OH excluding ortho intramolecular Hbond substituents is 1. The van der Waals surface area contributed by atoms with Gasteiger partial charge in [-0.25, -0.2) is 10.5 Å². The molecule has 0 radical (unpaired) electrons. The molecule has 19 heavy (non-hydrogen) atoms. The fourth-order valence-electron chi connectivity index (χ4n) is 1.30. The van der Waals surface area contributed by atoms with Gasteiger partial charge in [-0.1, -0.05) is 12.1 Å². The maximum atomic E-state index is 11.6. The number of hydrogen-bond acceptors (Lipinski definition) is 5. The van der Waals surface area contributed by atoms with E-state index in [1.807, 2.05) is 0 Å². The normalized spacial score (nSPS) is 10.5. The molecule has 0 spiro atoms. The Kier molecular flexibility index (Phi) is 3.67. The van der Waals surface area contributed by atoms with E-state index in [1.54, 1.807) is 12.1 Å². The molecule has 0 aliphatic carbocycles. The second-order valence-electron chi connectivity index (χ2n) is 3.60. The minimum Gasteiger partial charge on any atom is -0.508 e. The smallest absolute Gasteiger partial charge is 0.291 e. The molecule has 0 saturated carbocycles. The van der Waals surface area contributed by atoms with Crippen LogP contribution in [0.25, 0.3) is 0 Å². The van der Waals surface area contributed by atoms with Gasteiger partial charge < -0.3 is 5.11 Å². The third-order valence-corrected chi connectivity index (χ3v) is 2.16. The number of benzene rings is 1. The molecule has 1 aromatic heterocycles. The van der Waals surface area contributed by atoms with E-state index in [9.17, 15) is 14.7 Å². The van der Waals surface area contributed by atoms with Crippen molar-refractivity contribution in [3.8, 4) is 5.75 Å². The van der Waals surface area contributed by atoms with Crippen LogP contribution in [-0.4, -0.2) is 27.4 Å². The standard InChI is InChI=1S/C12H10N4O3/c17-9-3-1-2-8(6-9)7-13-16-12(19)10-4-5-11(18)15-14-10/h1-7,17H,(H,15,18)(H,16,19). The number of amides is 1. The number of hydrogen-bond donors (Lipinski definition) is 3. The fraction of sp³-hybridized carbons (Fsp3) is 0. The third kappa shape index (κ3) is 3.50. The van der Waals surface area contributed by atoms with Gasteiger partial charge in [-0.15, -0.1) is 0 Å². The quantitative estimate of drug-likeness (QED) is 0.541. The number of aromatic nitrogens is 2. The maximum absolute atomic E-state index is 11.6. The lowest BCUT2D eigenvalue weighted by Crippen LogP contribution is -2.21. The molecule has 1 aromatic carbocycles. The Morgan fingerprint density at radius 1 is 1.37 bits per heavy atom. The Hall–Kier alpha value is -2.96. The zero-order valence-corrected chi connectivity index (χ0v) is 9.70.